The van der Waals surface area contributed by atoms with Gasteiger partial charge in [-0.05, 0) is 49.7 Å². The Bertz CT molecular complexity index is 1610. The normalized spacial score (nSPS) is 11.4. The minimum Gasteiger partial charge on any atom is -0.336 e. The molecule has 0 aliphatic carbocycles. The van der Waals surface area contributed by atoms with Gasteiger partial charge >= 0.3 is 0 Å². The van der Waals surface area contributed by atoms with Crippen LogP contribution in [0.25, 0.3) is 56.1 Å². The summed E-state index contributed by atoms with van der Waals surface area (Å²) >= 11 is 0. The van der Waals surface area contributed by atoms with E-state index in [2.05, 4.69) is 57.2 Å². The Kier molecular flexibility index (Phi) is 4.07. The van der Waals surface area contributed by atoms with Crippen LogP contribution in [-0.4, -0.2) is 35.1 Å². The standard InChI is InChI=1S/C25H19N7/c1-14-4-3-5-16(12-14)21-22-19(9-11-27-21)29-25(30-22)24-23-20(31-32-24)7-6-18(28-23)17-13-26-10-8-15(17)2/h3-13H,1-2H3,(H,29,30)(H,31,32). The maximum absolute atomic E-state index is 4.90. The number of pyridine rings is 3. The van der Waals surface area contributed by atoms with Crippen LogP contribution in [0.2, 0.25) is 0 Å². The van der Waals surface area contributed by atoms with Crippen LogP contribution in [0.5, 0.6) is 0 Å². The average Bonchev–Trinajstić information content (AvgIpc) is 3.42. The van der Waals surface area contributed by atoms with Crippen molar-refractivity contribution in [2.75, 3.05) is 0 Å². The van der Waals surface area contributed by atoms with Crippen molar-refractivity contribution in [3.8, 4) is 34.0 Å². The number of hydrogen-bond donors (Lipinski definition) is 2. The predicted octanol–water partition coefficient (Wildman–Crippen LogP) is 5.24. The van der Waals surface area contributed by atoms with E-state index in [0.717, 1.165) is 50.1 Å². The van der Waals surface area contributed by atoms with Gasteiger partial charge in [0.25, 0.3) is 0 Å². The van der Waals surface area contributed by atoms with Gasteiger partial charge in [0.15, 0.2) is 11.5 Å². The molecule has 5 heterocycles. The molecule has 7 heteroatoms. The Hall–Kier alpha value is -4.39. The molecule has 6 aromatic rings. The third-order valence-corrected chi connectivity index (χ3v) is 5.64. The van der Waals surface area contributed by atoms with Crippen molar-refractivity contribution in [1.82, 2.24) is 35.1 Å². The monoisotopic (exact) mass is 417 g/mol. The highest BCUT2D eigenvalue weighted by molar-refractivity contribution is 5.95. The van der Waals surface area contributed by atoms with Gasteiger partial charge in [-0.15, -0.1) is 0 Å². The van der Waals surface area contributed by atoms with Crippen molar-refractivity contribution in [2.24, 2.45) is 0 Å². The van der Waals surface area contributed by atoms with E-state index in [9.17, 15) is 0 Å². The molecule has 0 atom stereocenters. The predicted molar refractivity (Wildman–Crippen MR) is 125 cm³/mol. The molecule has 0 bridgehead atoms. The molecule has 7 nitrogen and oxygen atoms in total. The van der Waals surface area contributed by atoms with Gasteiger partial charge in [-0.3, -0.25) is 15.1 Å². The summed E-state index contributed by atoms with van der Waals surface area (Å²) in [6, 6.07) is 16.2. The highest BCUT2D eigenvalue weighted by Crippen LogP contribution is 2.31. The number of aromatic amines is 2. The lowest BCUT2D eigenvalue weighted by Gasteiger charge is -2.04. The van der Waals surface area contributed by atoms with Crippen LogP contribution in [0, 0.1) is 13.8 Å². The number of nitrogens with zero attached hydrogens (tertiary/aromatic N) is 5. The molecular formula is C25H19N7. The lowest BCUT2D eigenvalue weighted by molar-refractivity contribution is 1.10. The number of hydrogen-bond acceptors (Lipinski definition) is 5. The Morgan fingerprint density at radius 3 is 2.59 bits per heavy atom. The molecule has 0 saturated heterocycles. The first kappa shape index (κ1) is 18.4. The number of aryl methyl sites for hydroxylation is 2. The van der Waals surface area contributed by atoms with Crippen molar-refractivity contribution in [2.45, 2.75) is 13.8 Å². The van der Waals surface area contributed by atoms with E-state index < -0.39 is 0 Å². The SMILES string of the molecule is Cc1cccc(-c2nccc3[nH]c(-c4n[nH]c5ccc(-c6cnccc6C)nc45)nc23)c1. The number of fused-ring (bicyclic) bond motifs is 2. The van der Waals surface area contributed by atoms with Crippen molar-refractivity contribution in [1.29, 1.82) is 0 Å². The fourth-order valence-corrected chi connectivity index (χ4v) is 4.00. The third kappa shape index (κ3) is 2.94. The minimum absolute atomic E-state index is 0.653. The molecule has 2 N–H and O–H groups in total. The molecule has 0 radical (unpaired) electrons. The number of nitrogens with one attached hydrogen (secondary N) is 2. The van der Waals surface area contributed by atoms with Crippen molar-refractivity contribution in [3.05, 3.63) is 78.2 Å². The first-order valence-corrected chi connectivity index (χ1v) is 10.4. The third-order valence-electron chi connectivity index (χ3n) is 5.64. The first-order chi connectivity index (χ1) is 15.7. The average molecular weight is 417 g/mol. The largest absolute Gasteiger partial charge is 0.336 e. The zero-order valence-corrected chi connectivity index (χ0v) is 17.6. The summed E-state index contributed by atoms with van der Waals surface area (Å²) in [5.41, 5.74) is 10.0. The highest BCUT2D eigenvalue weighted by Gasteiger charge is 2.17. The van der Waals surface area contributed by atoms with Gasteiger partial charge in [-0.1, -0.05) is 23.8 Å². The van der Waals surface area contributed by atoms with Gasteiger partial charge in [-0.2, -0.15) is 5.10 Å². The van der Waals surface area contributed by atoms with Gasteiger partial charge in [0.05, 0.1) is 22.4 Å². The van der Waals surface area contributed by atoms with Crippen LogP contribution >= 0.6 is 0 Å². The lowest BCUT2D eigenvalue weighted by atomic mass is 10.1. The number of rotatable bonds is 3. The number of imidazole rings is 1. The van der Waals surface area contributed by atoms with Gasteiger partial charge in [-0.25, -0.2) is 9.97 Å². The Morgan fingerprint density at radius 2 is 1.72 bits per heavy atom. The molecule has 0 aliphatic heterocycles. The van der Waals surface area contributed by atoms with E-state index in [1.807, 2.05) is 36.5 Å². The molecule has 154 valence electrons. The number of H-pyrrole nitrogens is 2. The van der Waals surface area contributed by atoms with Crippen molar-refractivity contribution < 1.29 is 0 Å². The number of benzene rings is 1. The number of aromatic nitrogens is 7. The second-order valence-corrected chi connectivity index (χ2v) is 7.87. The van der Waals surface area contributed by atoms with Gasteiger partial charge < -0.3 is 4.98 Å². The van der Waals surface area contributed by atoms with Gasteiger partial charge in [0.1, 0.15) is 11.0 Å². The summed E-state index contributed by atoms with van der Waals surface area (Å²) in [7, 11) is 0. The van der Waals surface area contributed by atoms with Crippen LogP contribution < -0.4 is 0 Å². The zero-order valence-electron chi connectivity index (χ0n) is 17.6. The van der Waals surface area contributed by atoms with Crippen LogP contribution in [0.3, 0.4) is 0 Å². The summed E-state index contributed by atoms with van der Waals surface area (Å²) < 4.78 is 0. The van der Waals surface area contributed by atoms with Crippen molar-refractivity contribution >= 4 is 22.1 Å². The minimum atomic E-state index is 0.653. The van der Waals surface area contributed by atoms with E-state index in [1.54, 1.807) is 12.4 Å². The van der Waals surface area contributed by atoms with E-state index in [1.165, 1.54) is 5.56 Å². The topological polar surface area (TPSA) is 96.0 Å². The summed E-state index contributed by atoms with van der Waals surface area (Å²) in [4.78, 5) is 22.0. The van der Waals surface area contributed by atoms with E-state index >= 15 is 0 Å². The van der Waals surface area contributed by atoms with Crippen LogP contribution in [0.1, 0.15) is 11.1 Å². The van der Waals surface area contributed by atoms with Crippen LogP contribution in [0.4, 0.5) is 0 Å². The summed E-state index contributed by atoms with van der Waals surface area (Å²) in [6.07, 6.45) is 5.42. The molecule has 32 heavy (non-hydrogen) atoms. The molecule has 6 rings (SSSR count). The maximum Gasteiger partial charge on any atom is 0.161 e. The summed E-state index contributed by atoms with van der Waals surface area (Å²) in [5.74, 6) is 0.653. The Labute approximate surface area is 183 Å². The summed E-state index contributed by atoms with van der Waals surface area (Å²) in [6.45, 7) is 4.13. The van der Waals surface area contributed by atoms with Crippen LogP contribution in [0.15, 0.2) is 67.1 Å². The molecular weight excluding hydrogens is 398 g/mol. The molecule has 0 saturated carbocycles. The molecule has 0 amide bonds. The maximum atomic E-state index is 4.90. The molecule has 0 spiro atoms. The molecule has 0 aliphatic rings. The fraction of sp³-hybridized carbons (Fsp3) is 0.0800. The second kappa shape index (κ2) is 7.09. The van der Waals surface area contributed by atoms with E-state index in [4.69, 9.17) is 9.97 Å². The molecule has 1 aromatic carbocycles. The fourth-order valence-electron chi connectivity index (χ4n) is 4.00. The van der Waals surface area contributed by atoms with Gasteiger partial charge in [0.2, 0.25) is 0 Å². The highest BCUT2D eigenvalue weighted by atomic mass is 15.1. The van der Waals surface area contributed by atoms with E-state index in [0.29, 0.717) is 11.5 Å². The molecule has 0 fully saturated rings. The first-order valence-electron chi connectivity index (χ1n) is 10.4. The molecule has 5 aromatic heterocycles. The Morgan fingerprint density at radius 1 is 0.812 bits per heavy atom. The van der Waals surface area contributed by atoms with E-state index in [-0.39, 0.29) is 0 Å². The van der Waals surface area contributed by atoms with Crippen LogP contribution in [-0.2, 0) is 0 Å². The zero-order chi connectivity index (χ0) is 21.7. The second-order valence-electron chi connectivity index (χ2n) is 7.87. The Balaban J connectivity index is 1.52. The van der Waals surface area contributed by atoms with Gasteiger partial charge in [0, 0.05) is 29.7 Å². The van der Waals surface area contributed by atoms with Crippen molar-refractivity contribution in [3.63, 3.8) is 0 Å². The quantitative estimate of drug-likeness (QED) is 0.410. The lowest BCUT2D eigenvalue weighted by Crippen LogP contribution is -1.90. The molecule has 0 unspecified atom stereocenters. The smallest absolute Gasteiger partial charge is 0.161 e. The summed E-state index contributed by atoms with van der Waals surface area (Å²) in [5, 5.41) is 7.59.